The van der Waals surface area contributed by atoms with Gasteiger partial charge in [0.25, 0.3) is 5.91 Å². The van der Waals surface area contributed by atoms with E-state index in [0.29, 0.717) is 12.8 Å². The lowest BCUT2D eigenvalue weighted by molar-refractivity contribution is 0.0881. The van der Waals surface area contributed by atoms with Gasteiger partial charge >= 0.3 is 0 Å². The van der Waals surface area contributed by atoms with Crippen LogP contribution in [0.1, 0.15) is 37.2 Å². The molecule has 4 nitrogen and oxygen atoms in total. The Labute approximate surface area is 127 Å². The molecule has 0 saturated carbocycles. The predicted octanol–water partition coefficient (Wildman–Crippen LogP) is 3.32. The fourth-order valence-corrected chi connectivity index (χ4v) is 2.08. The van der Waals surface area contributed by atoms with Crippen LogP contribution in [0.15, 0.2) is 6.20 Å². The van der Waals surface area contributed by atoms with E-state index in [0.717, 1.165) is 0 Å². The second kappa shape index (κ2) is 6.75. The van der Waals surface area contributed by atoms with Crippen LogP contribution in [0.3, 0.4) is 0 Å². The number of rotatable bonds is 5. The SMILES string of the molecule is CCC(C)(CCO)NC(=O)c1ncc(Cl)c(Cl)c1Cl. The van der Waals surface area contributed by atoms with Crippen LogP contribution in [0.25, 0.3) is 0 Å². The van der Waals surface area contributed by atoms with Gasteiger partial charge in [0.1, 0.15) is 5.69 Å². The van der Waals surface area contributed by atoms with Gasteiger partial charge in [-0.25, -0.2) is 4.98 Å². The Morgan fingerprint density at radius 3 is 2.58 bits per heavy atom. The van der Waals surface area contributed by atoms with Crippen molar-refractivity contribution in [1.82, 2.24) is 10.3 Å². The monoisotopic (exact) mass is 324 g/mol. The van der Waals surface area contributed by atoms with Crippen LogP contribution < -0.4 is 5.32 Å². The van der Waals surface area contributed by atoms with Gasteiger partial charge in [-0.05, 0) is 19.8 Å². The number of pyridine rings is 1. The maximum atomic E-state index is 12.1. The summed E-state index contributed by atoms with van der Waals surface area (Å²) in [6.45, 7) is 3.74. The lowest BCUT2D eigenvalue weighted by atomic mass is 9.94. The van der Waals surface area contributed by atoms with Crippen molar-refractivity contribution in [1.29, 1.82) is 0 Å². The lowest BCUT2D eigenvalue weighted by Crippen LogP contribution is -2.46. The first-order valence-electron chi connectivity index (χ1n) is 5.77. The Bertz CT molecular complexity index is 482. The summed E-state index contributed by atoms with van der Waals surface area (Å²) in [6, 6.07) is 0. The Balaban J connectivity index is 2.99. The van der Waals surface area contributed by atoms with Crippen LogP contribution in [-0.4, -0.2) is 28.1 Å². The van der Waals surface area contributed by atoms with Crippen LogP contribution in [0.4, 0.5) is 0 Å². The molecule has 1 rings (SSSR count). The van der Waals surface area contributed by atoms with Gasteiger partial charge in [0.05, 0.1) is 15.1 Å². The first kappa shape index (κ1) is 16.5. The molecule has 1 unspecified atom stereocenters. The van der Waals surface area contributed by atoms with Crippen molar-refractivity contribution in [2.75, 3.05) is 6.61 Å². The number of carbonyl (C=O) groups is 1. The van der Waals surface area contributed by atoms with Gasteiger partial charge in [-0.1, -0.05) is 41.7 Å². The molecule has 0 radical (unpaired) electrons. The first-order valence-corrected chi connectivity index (χ1v) is 6.91. The molecule has 7 heteroatoms. The van der Waals surface area contributed by atoms with Gasteiger partial charge < -0.3 is 10.4 Å². The summed E-state index contributed by atoms with van der Waals surface area (Å²) in [5.74, 6) is -0.443. The number of amides is 1. The zero-order chi connectivity index (χ0) is 14.6. The Morgan fingerprint density at radius 1 is 1.42 bits per heavy atom. The largest absolute Gasteiger partial charge is 0.396 e. The van der Waals surface area contributed by atoms with Crippen LogP contribution in [0, 0.1) is 0 Å². The van der Waals surface area contributed by atoms with Crippen molar-refractivity contribution in [3.05, 3.63) is 27.0 Å². The van der Waals surface area contributed by atoms with Crippen molar-refractivity contribution in [3.8, 4) is 0 Å². The van der Waals surface area contributed by atoms with Crippen molar-refractivity contribution in [2.24, 2.45) is 0 Å². The molecule has 19 heavy (non-hydrogen) atoms. The molecule has 1 atom stereocenters. The van der Waals surface area contributed by atoms with Crippen molar-refractivity contribution in [3.63, 3.8) is 0 Å². The summed E-state index contributed by atoms with van der Waals surface area (Å²) in [5.41, 5.74) is -0.503. The molecule has 0 saturated heterocycles. The van der Waals surface area contributed by atoms with Crippen molar-refractivity contribution in [2.45, 2.75) is 32.2 Å². The van der Waals surface area contributed by atoms with Gasteiger partial charge in [-0.15, -0.1) is 0 Å². The van der Waals surface area contributed by atoms with E-state index in [2.05, 4.69) is 10.3 Å². The highest BCUT2D eigenvalue weighted by atomic mass is 35.5. The van der Waals surface area contributed by atoms with Gasteiger partial charge in [0.2, 0.25) is 0 Å². The van der Waals surface area contributed by atoms with Gasteiger partial charge in [0, 0.05) is 18.3 Å². The molecule has 1 aromatic heterocycles. The number of aliphatic hydroxyl groups excluding tert-OH is 1. The minimum absolute atomic E-state index is 0.0207. The van der Waals surface area contributed by atoms with Gasteiger partial charge in [-0.3, -0.25) is 4.79 Å². The number of aliphatic hydroxyl groups is 1. The molecule has 106 valence electrons. The van der Waals surface area contributed by atoms with E-state index in [4.69, 9.17) is 39.9 Å². The van der Waals surface area contributed by atoms with Crippen LogP contribution >= 0.6 is 34.8 Å². The number of halogens is 3. The van der Waals surface area contributed by atoms with E-state index >= 15 is 0 Å². The molecule has 1 heterocycles. The second-order valence-corrected chi connectivity index (χ2v) is 5.59. The summed E-state index contributed by atoms with van der Waals surface area (Å²) in [4.78, 5) is 16.0. The molecule has 0 aliphatic heterocycles. The van der Waals surface area contributed by atoms with Gasteiger partial charge in [-0.2, -0.15) is 0 Å². The number of nitrogens with one attached hydrogen (secondary N) is 1. The fraction of sp³-hybridized carbons (Fsp3) is 0.500. The maximum Gasteiger partial charge on any atom is 0.271 e. The third kappa shape index (κ3) is 3.96. The van der Waals surface area contributed by atoms with Crippen LogP contribution in [0.2, 0.25) is 15.1 Å². The molecule has 1 aromatic rings. The Hall–Kier alpha value is -0.550. The molecular formula is C12H15Cl3N2O2. The molecular weight excluding hydrogens is 311 g/mol. The predicted molar refractivity (Wildman–Crippen MR) is 77.1 cm³/mol. The highest BCUT2D eigenvalue weighted by Crippen LogP contribution is 2.31. The molecule has 0 spiro atoms. The number of hydrogen-bond acceptors (Lipinski definition) is 3. The lowest BCUT2D eigenvalue weighted by Gasteiger charge is -2.28. The average Bonchev–Trinajstić information content (AvgIpc) is 2.36. The normalized spacial score (nSPS) is 14.0. The van der Waals surface area contributed by atoms with Crippen molar-refractivity contribution >= 4 is 40.7 Å². The first-order chi connectivity index (χ1) is 8.84. The fourth-order valence-electron chi connectivity index (χ4n) is 1.51. The number of carbonyl (C=O) groups excluding carboxylic acids is 1. The summed E-state index contributed by atoms with van der Waals surface area (Å²) >= 11 is 17.6. The van der Waals surface area contributed by atoms with E-state index < -0.39 is 11.4 Å². The quantitative estimate of drug-likeness (QED) is 0.873. The minimum Gasteiger partial charge on any atom is -0.396 e. The topological polar surface area (TPSA) is 62.2 Å². The third-order valence-corrected chi connectivity index (χ3v) is 4.23. The van der Waals surface area contributed by atoms with E-state index in [1.54, 1.807) is 0 Å². The summed E-state index contributed by atoms with van der Waals surface area (Å²) in [6.07, 6.45) is 2.38. The maximum absolute atomic E-state index is 12.1. The molecule has 0 aromatic carbocycles. The smallest absolute Gasteiger partial charge is 0.271 e. The third-order valence-electron chi connectivity index (χ3n) is 2.99. The zero-order valence-electron chi connectivity index (χ0n) is 10.6. The zero-order valence-corrected chi connectivity index (χ0v) is 12.9. The molecule has 0 fully saturated rings. The minimum atomic E-state index is -0.525. The molecule has 0 aliphatic carbocycles. The number of hydrogen-bond donors (Lipinski definition) is 2. The summed E-state index contributed by atoms with van der Waals surface area (Å²) in [7, 11) is 0. The number of nitrogens with zero attached hydrogens (tertiary/aromatic N) is 1. The molecule has 0 aliphatic rings. The molecule has 2 N–H and O–H groups in total. The van der Waals surface area contributed by atoms with E-state index in [-0.39, 0.29) is 27.4 Å². The van der Waals surface area contributed by atoms with Gasteiger partial charge in [0.15, 0.2) is 0 Å². The van der Waals surface area contributed by atoms with Crippen molar-refractivity contribution < 1.29 is 9.90 Å². The average molecular weight is 326 g/mol. The van der Waals surface area contributed by atoms with Crippen LogP contribution in [-0.2, 0) is 0 Å². The molecule has 1 amide bonds. The van der Waals surface area contributed by atoms with Crippen LogP contribution in [0.5, 0.6) is 0 Å². The molecule has 0 bridgehead atoms. The Kier molecular flexibility index (Phi) is 5.86. The summed E-state index contributed by atoms with van der Waals surface area (Å²) in [5, 5.41) is 12.1. The highest BCUT2D eigenvalue weighted by Gasteiger charge is 2.26. The van der Waals surface area contributed by atoms with E-state index in [1.807, 2.05) is 13.8 Å². The second-order valence-electron chi connectivity index (χ2n) is 4.42. The van der Waals surface area contributed by atoms with E-state index in [9.17, 15) is 4.79 Å². The Morgan fingerprint density at radius 2 is 2.05 bits per heavy atom. The standard InChI is InChI=1S/C12H15Cl3N2O2/c1-3-12(2,4-5-18)17-11(19)10-9(15)8(14)7(13)6-16-10/h6,18H,3-5H2,1-2H3,(H,17,19). The number of aromatic nitrogens is 1. The highest BCUT2D eigenvalue weighted by molar-refractivity contribution is 6.48. The summed E-state index contributed by atoms with van der Waals surface area (Å²) < 4.78 is 0. The van der Waals surface area contributed by atoms with E-state index in [1.165, 1.54) is 6.20 Å².